The van der Waals surface area contributed by atoms with E-state index in [2.05, 4.69) is 11.1 Å². The second-order valence-corrected chi connectivity index (χ2v) is 9.56. The maximum absolute atomic E-state index is 11.9. The van der Waals surface area contributed by atoms with Crippen molar-refractivity contribution in [2.24, 2.45) is 0 Å². The lowest BCUT2D eigenvalue weighted by atomic mass is 10.0. The van der Waals surface area contributed by atoms with E-state index < -0.39 is 16.4 Å². The number of unbranched alkanes of at least 4 members (excludes halogenated alkanes) is 14. The zero-order valence-corrected chi connectivity index (χ0v) is 20.4. The monoisotopic (exact) mass is 454 g/mol. The first-order chi connectivity index (χ1) is 14.9. The number of hydrogen-bond acceptors (Lipinski definition) is 5. The van der Waals surface area contributed by atoms with E-state index in [1.807, 2.05) is 0 Å². The summed E-state index contributed by atoms with van der Waals surface area (Å²) in [5.41, 5.74) is 0.657. The number of carbonyl (C=O) groups is 1. The summed E-state index contributed by atoms with van der Waals surface area (Å²) in [6.07, 6.45) is 18.7. The molecule has 0 bridgehead atoms. The Kier molecular flexibility index (Phi) is 15.1. The molecule has 0 fully saturated rings. The van der Waals surface area contributed by atoms with Crippen molar-refractivity contribution in [2.75, 3.05) is 0 Å². The summed E-state index contributed by atoms with van der Waals surface area (Å²) in [7, 11) is -4.38. The Morgan fingerprint density at radius 3 is 1.68 bits per heavy atom. The summed E-state index contributed by atoms with van der Waals surface area (Å²) in [5, 5.41) is 0. The quantitative estimate of drug-likeness (QED) is 0.203. The zero-order chi connectivity index (χ0) is 22.8. The predicted octanol–water partition coefficient (Wildman–Crippen LogP) is 7.42. The highest BCUT2D eigenvalue weighted by atomic mass is 32.3. The Bertz CT molecular complexity index is 700. The van der Waals surface area contributed by atoms with Gasteiger partial charge >= 0.3 is 16.4 Å². The molecule has 0 amide bonds. The van der Waals surface area contributed by atoms with Gasteiger partial charge in [0.05, 0.1) is 0 Å². The molecule has 0 N–H and O–H groups in total. The minimum absolute atomic E-state index is 0.0919. The number of carbonyl (C=O) groups excluding carboxylic acids is 1. The summed E-state index contributed by atoms with van der Waals surface area (Å²) in [6.45, 7) is 3.98. The van der Waals surface area contributed by atoms with Crippen LogP contribution in [0.1, 0.15) is 115 Å². The largest absolute Gasteiger partial charge is 0.503 e. The van der Waals surface area contributed by atoms with Crippen LogP contribution < -0.4 is 4.18 Å². The van der Waals surface area contributed by atoms with E-state index in [9.17, 15) is 13.2 Å². The maximum atomic E-state index is 11.9. The van der Waals surface area contributed by atoms with Crippen LogP contribution in [0.3, 0.4) is 0 Å². The van der Waals surface area contributed by atoms with Gasteiger partial charge in [-0.25, -0.2) is 0 Å². The number of hydrogen-bond donors (Lipinski definition) is 0. The molecule has 0 heterocycles. The summed E-state index contributed by atoms with van der Waals surface area (Å²) in [4.78, 5) is 11.8. The molecule has 0 spiro atoms. The third-order valence-corrected chi connectivity index (χ3v) is 6.24. The van der Waals surface area contributed by atoms with Crippen LogP contribution in [-0.4, -0.2) is 14.4 Å². The van der Waals surface area contributed by atoms with E-state index in [0.717, 1.165) is 12.8 Å². The van der Waals surface area contributed by atoms with Crippen LogP contribution in [0.4, 0.5) is 0 Å². The molecule has 1 aromatic carbocycles. The van der Waals surface area contributed by atoms with Crippen LogP contribution in [0.5, 0.6) is 5.75 Å². The summed E-state index contributed by atoms with van der Waals surface area (Å²) in [6, 6.07) is 6.68. The van der Waals surface area contributed by atoms with E-state index in [1.54, 1.807) is 25.1 Å². The molecular formula is C25H42O5S. The molecule has 31 heavy (non-hydrogen) atoms. The van der Waals surface area contributed by atoms with E-state index in [1.165, 1.54) is 83.1 Å². The summed E-state index contributed by atoms with van der Waals surface area (Å²) >= 11 is 0. The maximum Gasteiger partial charge on any atom is 0.503 e. The fourth-order valence-electron chi connectivity index (χ4n) is 3.57. The molecular weight excluding hydrogens is 412 g/mol. The van der Waals surface area contributed by atoms with Crippen molar-refractivity contribution in [3.05, 3.63) is 29.8 Å². The van der Waals surface area contributed by atoms with Gasteiger partial charge in [0.1, 0.15) is 5.75 Å². The Morgan fingerprint density at radius 2 is 1.19 bits per heavy atom. The van der Waals surface area contributed by atoms with Crippen LogP contribution in [0, 0.1) is 6.92 Å². The first kappa shape index (κ1) is 27.5. The molecule has 0 aliphatic carbocycles. The second kappa shape index (κ2) is 17.0. The Hall–Kier alpha value is -1.56. The number of aryl methyl sites for hydroxylation is 1. The zero-order valence-electron chi connectivity index (χ0n) is 19.6. The average molecular weight is 455 g/mol. The SMILES string of the molecule is CCCCCCCCCCCCCCCCCC(=O)OS(=O)(=O)Oc1ccccc1C. The minimum atomic E-state index is -4.38. The third kappa shape index (κ3) is 15.0. The molecule has 0 saturated heterocycles. The van der Waals surface area contributed by atoms with Crippen molar-refractivity contribution in [2.45, 2.75) is 117 Å². The fraction of sp³-hybridized carbons (Fsp3) is 0.720. The van der Waals surface area contributed by atoms with Crippen molar-refractivity contribution < 1.29 is 21.6 Å². The van der Waals surface area contributed by atoms with Crippen molar-refractivity contribution in [1.29, 1.82) is 0 Å². The average Bonchev–Trinajstić information content (AvgIpc) is 2.72. The van der Waals surface area contributed by atoms with Gasteiger partial charge in [-0.1, -0.05) is 115 Å². The van der Waals surface area contributed by atoms with Crippen LogP contribution >= 0.6 is 0 Å². The molecule has 6 heteroatoms. The van der Waals surface area contributed by atoms with Crippen molar-refractivity contribution in [3.63, 3.8) is 0 Å². The van der Waals surface area contributed by atoms with Gasteiger partial charge in [-0.3, -0.25) is 4.79 Å². The minimum Gasteiger partial charge on any atom is -0.352 e. The number of rotatable bonds is 19. The molecule has 0 saturated carbocycles. The molecule has 178 valence electrons. The van der Waals surface area contributed by atoms with Gasteiger partial charge in [0.15, 0.2) is 0 Å². The van der Waals surface area contributed by atoms with Gasteiger partial charge < -0.3 is 8.37 Å². The van der Waals surface area contributed by atoms with E-state index >= 15 is 0 Å². The van der Waals surface area contributed by atoms with Crippen LogP contribution in [0.25, 0.3) is 0 Å². The number of para-hydroxylation sites is 1. The van der Waals surface area contributed by atoms with Crippen molar-refractivity contribution in [1.82, 2.24) is 0 Å². The Morgan fingerprint density at radius 1 is 0.742 bits per heavy atom. The van der Waals surface area contributed by atoms with Gasteiger partial charge in [0.2, 0.25) is 0 Å². The topological polar surface area (TPSA) is 69.7 Å². The van der Waals surface area contributed by atoms with E-state index in [0.29, 0.717) is 12.0 Å². The van der Waals surface area contributed by atoms with E-state index in [-0.39, 0.29) is 12.2 Å². The van der Waals surface area contributed by atoms with Gasteiger partial charge in [-0.2, -0.15) is 0 Å². The van der Waals surface area contributed by atoms with Crippen molar-refractivity contribution in [3.8, 4) is 5.75 Å². The molecule has 5 nitrogen and oxygen atoms in total. The Balaban J connectivity index is 1.96. The van der Waals surface area contributed by atoms with Gasteiger partial charge in [0, 0.05) is 6.42 Å². The predicted molar refractivity (Wildman–Crippen MR) is 126 cm³/mol. The number of benzene rings is 1. The van der Waals surface area contributed by atoms with E-state index in [4.69, 9.17) is 4.18 Å². The highest BCUT2D eigenvalue weighted by Gasteiger charge is 2.20. The van der Waals surface area contributed by atoms with Gasteiger partial charge in [0.25, 0.3) is 0 Å². The van der Waals surface area contributed by atoms with Gasteiger partial charge in [-0.15, -0.1) is 8.42 Å². The summed E-state index contributed by atoms with van der Waals surface area (Å²) in [5.74, 6) is -0.592. The first-order valence-electron chi connectivity index (χ1n) is 12.2. The second-order valence-electron chi connectivity index (χ2n) is 8.41. The lowest BCUT2D eigenvalue weighted by molar-refractivity contribution is -0.134. The Labute approximate surface area is 190 Å². The molecule has 0 aromatic heterocycles. The molecule has 0 aliphatic heterocycles. The molecule has 1 rings (SSSR count). The normalized spacial score (nSPS) is 11.4. The van der Waals surface area contributed by atoms with Crippen molar-refractivity contribution >= 4 is 16.4 Å². The summed E-state index contributed by atoms with van der Waals surface area (Å²) < 4.78 is 33.1. The molecule has 0 unspecified atom stereocenters. The molecule has 0 radical (unpaired) electrons. The highest BCUT2D eigenvalue weighted by Crippen LogP contribution is 2.19. The molecule has 0 aliphatic rings. The standard InChI is InChI=1S/C25H42O5S/c1-3-4-5-6-7-8-9-10-11-12-13-14-15-16-17-22-25(26)30-31(27,28)29-24-21-19-18-20-23(24)2/h18-21H,3-17,22H2,1-2H3. The van der Waals surface area contributed by atoms with Crippen LogP contribution in [-0.2, 0) is 19.4 Å². The third-order valence-electron chi connectivity index (χ3n) is 5.46. The fourth-order valence-corrected chi connectivity index (χ4v) is 4.32. The molecule has 1 aromatic rings. The highest BCUT2D eigenvalue weighted by molar-refractivity contribution is 7.82. The smallest absolute Gasteiger partial charge is 0.352 e. The first-order valence-corrected chi connectivity index (χ1v) is 13.5. The van der Waals surface area contributed by atoms with Crippen LogP contribution in [0.2, 0.25) is 0 Å². The lowest BCUT2D eigenvalue weighted by Gasteiger charge is -2.08. The van der Waals surface area contributed by atoms with Gasteiger partial charge in [-0.05, 0) is 25.0 Å². The molecule has 0 atom stereocenters. The lowest BCUT2D eigenvalue weighted by Crippen LogP contribution is -2.18. The van der Waals surface area contributed by atoms with Crippen LogP contribution in [0.15, 0.2) is 24.3 Å².